The van der Waals surface area contributed by atoms with Crippen LogP contribution in [0.1, 0.15) is 39.0 Å². The summed E-state index contributed by atoms with van der Waals surface area (Å²) in [7, 11) is 0. The summed E-state index contributed by atoms with van der Waals surface area (Å²) >= 11 is 3.37. The second-order valence-electron chi connectivity index (χ2n) is 8.11. The Morgan fingerprint density at radius 2 is 2.09 bits per heavy atom. The van der Waals surface area contributed by atoms with Gasteiger partial charge in [0.1, 0.15) is 11.5 Å². The fourth-order valence-electron chi connectivity index (χ4n) is 3.55. The van der Waals surface area contributed by atoms with Crippen LogP contribution in [0.2, 0.25) is 0 Å². The summed E-state index contributed by atoms with van der Waals surface area (Å²) in [6.45, 7) is 6.27. The van der Waals surface area contributed by atoms with Crippen LogP contribution in [0.5, 0.6) is 0 Å². The molecule has 3 heterocycles. The number of nitrogens with zero attached hydrogens (tertiary/aromatic N) is 2. The molecule has 1 fully saturated rings. The van der Waals surface area contributed by atoms with Gasteiger partial charge >= 0.3 is 0 Å². The first-order chi connectivity index (χ1) is 15.4. The van der Waals surface area contributed by atoms with E-state index in [2.05, 4.69) is 47.0 Å². The van der Waals surface area contributed by atoms with E-state index in [-0.39, 0.29) is 24.3 Å². The van der Waals surface area contributed by atoms with Gasteiger partial charge in [-0.3, -0.25) is 14.9 Å². The maximum Gasteiger partial charge on any atom is 0.229 e. The third-order valence-corrected chi connectivity index (χ3v) is 6.82. The monoisotopic (exact) mass is 469 g/mol. The molecule has 0 bridgehead atoms. The maximum atomic E-state index is 12.8. The third-order valence-electron chi connectivity index (χ3n) is 4.91. The second kappa shape index (κ2) is 9.89. The van der Waals surface area contributed by atoms with Crippen LogP contribution in [0.4, 0.5) is 5.82 Å². The van der Waals surface area contributed by atoms with Crippen LogP contribution < -0.4 is 16.0 Å². The van der Waals surface area contributed by atoms with Crippen molar-refractivity contribution < 1.29 is 9.59 Å². The first-order valence-corrected chi connectivity index (χ1v) is 12.4. The van der Waals surface area contributed by atoms with Gasteiger partial charge in [-0.15, -0.1) is 23.1 Å². The summed E-state index contributed by atoms with van der Waals surface area (Å²) in [4.78, 5) is 27.1. The largest absolute Gasteiger partial charge is 0.322 e. The van der Waals surface area contributed by atoms with Crippen molar-refractivity contribution in [1.29, 1.82) is 0 Å². The fourth-order valence-corrected chi connectivity index (χ4v) is 5.07. The Morgan fingerprint density at radius 1 is 1.31 bits per heavy atom. The molecule has 7 nitrogen and oxygen atoms in total. The van der Waals surface area contributed by atoms with Crippen LogP contribution in [-0.2, 0) is 16.0 Å². The summed E-state index contributed by atoms with van der Waals surface area (Å²) in [6.07, 6.45) is 0.137. The first kappa shape index (κ1) is 22.6. The molecule has 1 saturated heterocycles. The number of benzene rings is 1. The number of carbonyl (C=O) groups excluding carboxylic acids is 2. The number of hydrogen-bond donors (Lipinski definition) is 3. The number of thioether (sulfide) groups is 1. The highest BCUT2D eigenvalue weighted by molar-refractivity contribution is 7.99. The lowest BCUT2D eigenvalue weighted by atomic mass is 10.1. The van der Waals surface area contributed by atoms with Gasteiger partial charge < -0.3 is 10.6 Å². The zero-order chi connectivity index (χ0) is 22.7. The average molecular weight is 470 g/mol. The molecule has 0 saturated carbocycles. The van der Waals surface area contributed by atoms with Gasteiger partial charge in [0.05, 0.1) is 11.3 Å². The molecule has 2 aromatic heterocycles. The summed E-state index contributed by atoms with van der Waals surface area (Å²) in [5.41, 5.74) is 1.69. The minimum Gasteiger partial charge on any atom is -0.322 e. The summed E-state index contributed by atoms with van der Waals surface area (Å²) in [5, 5.41) is 16.4. The molecule has 3 aromatic rings. The van der Waals surface area contributed by atoms with E-state index in [1.807, 2.05) is 42.6 Å². The van der Waals surface area contributed by atoms with Gasteiger partial charge in [0.15, 0.2) is 6.29 Å². The molecule has 1 aromatic carbocycles. The smallest absolute Gasteiger partial charge is 0.229 e. The van der Waals surface area contributed by atoms with E-state index in [1.165, 1.54) is 4.90 Å². The molecule has 0 spiro atoms. The lowest BCUT2D eigenvalue weighted by Gasteiger charge is -2.30. The first-order valence-electron chi connectivity index (χ1n) is 10.6. The Balaban J connectivity index is 1.52. The molecule has 2 atom stereocenters. The molecule has 32 heavy (non-hydrogen) atoms. The Kier molecular flexibility index (Phi) is 6.98. The molecular weight excluding hydrogens is 442 g/mol. The molecule has 4 rings (SSSR count). The Hall–Kier alpha value is -2.62. The highest BCUT2D eigenvalue weighted by Gasteiger charge is 2.27. The number of carbonyl (C=O) groups is 2. The van der Waals surface area contributed by atoms with Crippen molar-refractivity contribution in [1.82, 2.24) is 20.4 Å². The molecule has 9 heteroatoms. The van der Waals surface area contributed by atoms with Crippen molar-refractivity contribution in [3.05, 3.63) is 53.4 Å². The molecule has 168 valence electrons. The van der Waals surface area contributed by atoms with Crippen molar-refractivity contribution >= 4 is 40.7 Å². The molecule has 0 aliphatic carbocycles. The molecule has 2 unspecified atom stereocenters. The van der Waals surface area contributed by atoms with Crippen molar-refractivity contribution in [2.24, 2.45) is 0 Å². The van der Waals surface area contributed by atoms with Gasteiger partial charge in [-0.25, -0.2) is 4.68 Å². The van der Waals surface area contributed by atoms with Crippen LogP contribution in [0.3, 0.4) is 0 Å². The summed E-state index contributed by atoms with van der Waals surface area (Å²) < 4.78 is 1.64. The molecule has 1 aliphatic heterocycles. The molecule has 0 radical (unpaired) electrons. The number of rotatable bonds is 7. The highest BCUT2D eigenvalue weighted by Crippen LogP contribution is 2.28. The zero-order valence-corrected chi connectivity index (χ0v) is 19.9. The van der Waals surface area contributed by atoms with Crippen LogP contribution in [0.15, 0.2) is 52.7 Å². The average Bonchev–Trinajstić information content (AvgIpc) is 3.38. The molecule has 3 N–H and O–H groups in total. The number of nitrogens with one attached hydrogen (secondary N) is 3. The molecule has 2 amide bonds. The van der Waals surface area contributed by atoms with Gasteiger partial charge in [0.2, 0.25) is 11.8 Å². The zero-order valence-electron chi connectivity index (χ0n) is 18.3. The van der Waals surface area contributed by atoms with Crippen molar-refractivity contribution in [2.45, 2.75) is 56.1 Å². The number of hydrogen-bond acceptors (Lipinski definition) is 6. The minimum atomic E-state index is -0.525. The van der Waals surface area contributed by atoms with Gasteiger partial charge in [-0.2, -0.15) is 5.10 Å². The second-order valence-corrected chi connectivity index (χ2v) is 10.7. The summed E-state index contributed by atoms with van der Waals surface area (Å²) in [5.74, 6) is 0.353. The van der Waals surface area contributed by atoms with Crippen LogP contribution >= 0.6 is 23.1 Å². The maximum absolute atomic E-state index is 12.8. The number of aromatic nitrogens is 2. The Bertz CT molecular complexity index is 1080. The Labute approximate surface area is 196 Å². The van der Waals surface area contributed by atoms with E-state index < -0.39 is 6.29 Å². The topological polar surface area (TPSA) is 88.1 Å². The van der Waals surface area contributed by atoms with E-state index in [9.17, 15) is 9.59 Å². The van der Waals surface area contributed by atoms with E-state index in [1.54, 1.807) is 27.8 Å². The number of anilines is 1. The quantitative estimate of drug-likeness (QED) is 0.450. The van der Waals surface area contributed by atoms with E-state index >= 15 is 0 Å². The van der Waals surface area contributed by atoms with E-state index in [4.69, 9.17) is 0 Å². The van der Waals surface area contributed by atoms with Crippen molar-refractivity contribution in [3.63, 3.8) is 0 Å². The summed E-state index contributed by atoms with van der Waals surface area (Å²) in [6, 6.07) is 13.9. The van der Waals surface area contributed by atoms with E-state index in [0.717, 1.165) is 16.1 Å². The molecule has 1 aliphatic rings. The van der Waals surface area contributed by atoms with Gasteiger partial charge in [-0.1, -0.05) is 32.0 Å². The van der Waals surface area contributed by atoms with Crippen molar-refractivity contribution in [2.75, 3.05) is 5.32 Å². The lowest BCUT2D eigenvalue weighted by Crippen LogP contribution is -2.52. The molecular formula is C23H27N5O2S2. The standard InChI is InChI=1S/C23H27N5O2S2/c1-14(2)32-17-8-6-16(7-9-17)12-22(30)25-20-13-18(19-5-4-10-31-19)27-28(20)23-24-15(3)11-21(29)26-23/h4-10,13-15,23-24H,11-12H2,1-3H3,(H,25,30)(H,26,29). The predicted octanol–water partition coefficient (Wildman–Crippen LogP) is 4.25. The lowest BCUT2D eigenvalue weighted by molar-refractivity contribution is -0.125. The third kappa shape index (κ3) is 5.59. The van der Waals surface area contributed by atoms with Gasteiger partial charge in [0, 0.05) is 28.7 Å². The predicted molar refractivity (Wildman–Crippen MR) is 130 cm³/mol. The number of thiophene rings is 1. The van der Waals surface area contributed by atoms with Crippen LogP contribution in [0, 0.1) is 0 Å². The SMILES string of the molecule is CC1CC(=O)NC(n2nc(-c3cccs3)cc2NC(=O)Cc2ccc(SC(C)C)cc2)N1. The number of amides is 2. The van der Waals surface area contributed by atoms with Crippen LogP contribution in [-0.4, -0.2) is 32.9 Å². The normalized spacial score (nSPS) is 18.6. The fraction of sp³-hybridized carbons (Fsp3) is 0.348. The van der Waals surface area contributed by atoms with E-state index in [0.29, 0.717) is 17.5 Å². The van der Waals surface area contributed by atoms with Gasteiger partial charge in [-0.05, 0) is 36.1 Å². The van der Waals surface area contributed by atoms with Crippen LogP contribution in [0.25, 0.3) is 10.6 Å². The minimum absolute atomic E-state index is 0.00825. The van der Waals surface area contributed by atoms with Crippen molar-refractivity contribution in [3.8, 4) is 10.6 Å². The van der Waals surface area contributed by atoms with Gasteiger partial charge in [0.25, 0.3) is 0 Å². The highest BCUT2D eigenvalue weighted by atomic mass is 32.2. The Morgan fingerprint density at radius 3 is 2.75 bits per heavy atom.